The second-order valence-corrected chi connectivity index (χ2v) is 4.65. The molecule has 1 aromatic carbocycles. The van der Waals surface area contributed by atoms with Crippen LogP contribution in [0.15, 0.2) is 18.2 Å². The van der Waals surface area contributed by atoms with Gasteiger partial charge in [-0.25, -0.2) is 0 Å². The van der Waals surface area contributed by atoms with E-state index in [4.69, 9.17) is 10.5 Å². The lowest BCUT2D eigenvalue weighted by molar-refractivity contribution is 0.101. The van der Waals surface area contributed by atoms with E-state index in [-0.39, 0.29) is 5.78 Å². The zero-order valence-corrected chi connectivity index (χ0v) is 10.8. The number of hydrogen-bond donors (Lipinski definition) is 1. The van der Waals surface area contributed by atoms with Crippen molar-refractivity contribution in [3.63, 3.8) is 0 Å². The highest BCUT2D eigenvalue weighted by Gasteiger charge is 2.19. The molecule has 18 heavy (non-hydrogen) atoms. The van der Waals surface area contributed by atoms with Crippen LogP contribution in [0, 0.1) is 0 Å². The molecule has 0 aliphatic carbocycles. The number of rotatable bonds is 6. The van der Waals surface area contributed by atoms with Crippen molar-refractivity contribution < 1.29 is 9.53 Å². The number of carbonyl (C=O) groups excluding carboxylic acids is 1. The molecule has 1 aromatic rings. The zero-order chi connectivity index (χ0) is 13.0. The lowest BCUT2D eigenvalue weighted by Crippen LogP contribution is -2.23. The monoisotopic (exact) mass is 248 g/mol. The number of hydrogen-bond acceptors (Lipinski definition) is 4. The van der Waals surface area contributed by atoms with E-state index >= 15 is 0 Å². The first-order valence-electron chi connectivity index (χ1n) is 6.33. The topological polar surface area (TPSA) is 55.6 Å². The van der Waals surface area contributed by atoms with Gasteiger partial charge in [0.15, 0.2) is 5.78 Å². The van der Waals surface area contributed by atoms with Gasteiger partial charge in [-0.3, -0.25) is 9.69 Å². The molecule has 0 aromatic heterocycles. The Morgan fingerprint density at radius 1 is 1.33 bits per heavy atom. The minimum atomic E-state index is 0.127. The van der Waals surface area contributed by atoms with Crippen molar-refractivity contribution in [1.29, 1.82) is 0 Å². The molecule has 0 atom stereocenters. The maximum atomic E-state index is 11.3. The molecule has 2 N–H and O–H groups in total. The third kappa shape index (κ3) is 3.16. The van der Waals surface area contributed by atoms with E-state index in [0.29, 0.717) is 19.8 Å². The average Bonchev–Trinajstić information content (AvgIpc) is 2.76. The van der Waals surface area contributed by atoms with Gasteiger partial charge in [0.25, 0.3) is 0 Å². The van der Waals surface area contributed by atoms with Crippen molar-refractivity contribution in [3.05, 3.63) is 34.9 Å². The first-order chi connectivity index (χ1) is 8.70. The first kappa shape index (κ1) is 13.2. The lowest BCUT2D eigenvalue weighted by Gasteiger charge is -2.14. The largest absolute Gasteiger partial charge is 0.379 e. The molecule has 0 bridgehead atoms. The molecule has 4 nitrogen and oxygen atoms in total. The number of ketones is 1. The fraction of sp³-hybridized carbons (Fsp3) is 0.500. The van der Waals surface area contributed by atoms with Crippen LogP contribution in [-0.2, 0) is 17.8 Å². The van der Waals surface area contributed by atoms with Gasteiger partial charge in [0.2, 0.25) is 0 Å². The maximum Gasteiger partial charge on any atom is 0.159 e. The van der Waals surface area contributed by atoms with Gasteiger partial charge in [-0.1, -0.05) is 12.1 Å². The molecule has 0 spiro atoms. The Balaban J connectivity index is 1.89. The fourth-order valence-corrected chi connectivity index (χ4v) is 2.22. The molecular formula is C14H20N2O2. The third-order valence-electron chi connectivity index (χ3n) is 3.21. The van der Waals surface area contributed by atoms with Crippen LogP contribution in [0.2, 0.25) is 0 Å². The van der Waals surface area contributed by atoms with E-state index in [1.54, 1.807) is 6.92 Å². The molecule has 98 valence electrons. The second-order valence-electron chi connectivity index (χ2n) is 4.65. The fourth-order valence-electron chi connectivity index (χ4n) is 2.22. The Hall–Kier alpha value is -1.23. The highest BCUT2D eigenvalue weighted by Crippen LogP contribution is 2.23. The van der Waals surface area contributed by atoms with Crippen LogP contribution >= 0.6 is 0 Å². The summed E-state index contributed by atoms with van der Waals surface area (Å²) in [5.41, 5.74) is 8.75. The average molecular weight is 248 g/mol. The summed E-state index contributed by atoms with van der Waals surface area (Å²) in [5, 5.41) is 0. The van der Waals surface area contributed by atoms with Crippen LogP contribution in [-0.4, -0.2) is 37.0 Å². The molecule has 2 rings (SSSR count). The molecular weight excluding hydrogens is 228 g/mol. The Morgan fingerprint density at radius 3 is 2.83 bits per heavy atom. The second kappa shape index (κ2) is 6.09. The summed E-state index contributed by atoms with van der Waals surface area (Å²) < 4.78 is 5.38. The number of benzene rings is 1. The summed E-state index contributed by atoms with van der Waals surface area (Å²) >= 11 is 0. The minimum Gasteiger partial charge on any atom is -0.379 e. The molecule has 1 heterocycles. The van der Waals surface area contributed by atoms with Gasteiger partial charge in [0.05, 0.1) is 13.2 Å². The smallest absolute Gasteiger partial charge is 0.159 e. The third-order valence-corrected chi connectivity index (χ3v) is 3.21. The molecule has 0 radical (unpaired) electrons. The standard InChI is InChI=1S/C14H20N2O2/c1-11(17)12-2-3-13-9-16(10-14(13)8-12)5-7-18-6-4-15/h2-3,8H,4-7,9-10,15H2,1H3. The summed E-state index contributed by atoms with van der Waals surface area (Å²) in [6.45, 7) is 6.27. The Labute approximate surface area is 108 Å². The SMILES string of the molecule is CC(=O)c1ccc2c(c1)CN(CCOCCN)C2. The van der Waals surface area contributed by atoms with Gasteiger partial charge in [0.1, 0.15) is 0 Å². The number of fused-ring (bicyclic) bond motifs is 1. The van der Waals surface area contributed by atoms with E-state index in [1.165, 1.54) is 11.1 Å². The van der Waals surface area contributed by atoms with Crippen molar-refractivity contribution in [2.75, 3.05) is 26.3 Å². The van der Waals surface area contributed by atoms with Crippen molar-refractivity contribution in [2.24, 2.45) is 5.73 Å². The van der Waals surface area contributed by atoms with Gasteiger partial charge in [-0.15, -0.1) is 0 Å². The molecule has 0 fully saturated rings. The Bertz CT molecular complexity index is 432. The van der Waals surface area contributed by atoms with Crippen LogP contribution in [0.25, 0.3) is 0 Å². The number of Topliss-reactive ketones (excluding diaryl/α,β-unsaturated/α-hetero) is 1. The van der Waals surface area contributed by atoms with Crippen LogP contribution < -0.4 is 5.73 Å². The summed E-state index contributed by atoms with van der Waals surface area (Å²) in [6.07, 6.45) is 0. The maximum absolute atomic E-state index is 11.3. The number of nitrogens with two attached hydrogens (primary N) is 1. The molecule has 0 saturated heterocycles. The summed E-state index contributed by atoms with van der Waals surface area (Å²) in [5.74, 6) is 0.127. The van der Waals surface area contributed by atoms with Gasteiger partial charge >= 0.3 is 0 Å². The van der Waals surface area contributed by atoms with E-state index in [9.17, 15) is 4.79 Å². The van der Waals surface area contributed by atoms with Crippen molar-refractivity contribution in [3.8, 4) is 0 Å². The highest BCUT2D eigenvalue weighted by molar-refractivity contribution is 5.94. The Morgan fingerprint density at radius 2 is 2.11 bits per heavy atom. The van der Waals surface area contributed by atoms with Gasteiger partial charge in [0, 0.05) is 31.7 Å². The summed E-state index contributed by atoms with van der Waals surface area (Å²) in [4.78, 5) is 13.6. The predicted octanol–water partition coefficient (Wildman–Crippen LogP) is 1.18. The van der Waals surface area contributed by atoms with Gasteiger partial charge in [-0.2, -0.15) is 0 Å². The summed E-state index contributed by atoms with van der Waals surface area (Å²) in [7, 11) is 0. The van der Waals surface area contributed by atoms with Crippen LogP contribution in [0.3, 0.4) is 0 Å². The van der Waals surface area contributed by atoms with Crippen LogP contribution in [0.4, 0.5) is 0 Å². The summed E-state index contributed by atoms with van der Waals surface area (Å²) in [6, 6.07) is 5.99. The van der Waals surface area contributed by atoms with Crippen molar-refractivity contribution in [1.82, 2.24) is 4.90 Å². The Kier molecular flexibility index (Phi) is 4.47. The van der Waals surface area contributed by atoms with Crippen molar-refractivity contribution >= 4 is 5.78 Å². The normalized spacial score (nSPS) is 14.8. The molecule has 4 heteroatoms. The molecule has 0 saturated carbocycles. The zero-order valence-electron chi connectivity index (χ0n) is 10.8. The quantitative estimate of drug-likeness (QED) is 0.606. The van der Waals surface area contributed by atoms with E-state index < -0.39 is 0 Å². The molecule has 1 aliphatic heterocycles. The molecule has 0 unspecified atom stereocenters. The minimum absolute atomic E-state index is 0.127. The lowest BCUT2D eigenvalue weighted by atomic mass is 10.0. The molecule has 0 amide bonds. The van der Waals surface area contributed by atoms with E-state index in [1.807, 2.05) is 12.1 Å². The van der Waals surface area contributed by atoms with Gasteiger partial charge in [-0.05, 0) is 24.1 Å². The van der Waals surface area contributed by atoms with E-state index in [2.05, 4.69) is 11.0 Å². The molecule has 1 aliphatic rings. The van der Waals surface area contributed by atoms with Crippen molar-refractivity contribution in [2.45, 2.75) is 20.0 Å². The predicted molar refractivity (Wildman–Crippen MR) is 70.4 cm³/mol. The van der Waals surface area contributed by atoms with Crippen LogP contribution in [0.5, 0.6) is 0 Å². The first-order valence-corrected chi connectivity index (χ1v) is 6.33. The van der Waals surface area contributed by atoms with E-state index in [0.717, 1.165) is 25.2 Å². The van der Waals surface area contributed by atoms with Crippen LogP contribution in [0.1, 0.15) is 28.4 Å². The highest BCUT2D eigenvalue weighted by atomic mass is 16.5. The van der Waals surface area contributed by atoms with Gasteiger partial charge < -0.3 is 10.5 Å². The number of nitrogens with zero attached hydrogens (tertiary/aromatic N) is 1. The number of carbonyl (C=O) groups is 1. The number of ether oxygens (including phenoxy) is 1.